The van der Waals surface area contributed by atoms with Crippen LogP contribution >= 0.6 is 15.9 Å². The monoisotopic (exact) mass is 319 g/mol. The summed E-state index contributed by atoms with van der Waals surface area (Å²) in [4.78, 5) is 26.6. The van der Waals surface area contributed by atoms with E-state index in [9.17, 15) is 9.59 Å². The van der Waals surface area contributed by atoms with Crippen LogP contribution in [0.3, 0.4) is 0 Å². The van der Waals surface area contributed by atoms with Crippen molar-refractivity contribution >= 4 is 33.4 Å². The van der Waals surface area contributed by atoms with Crippen molar-refractivity contribution in [3.8, 4) is 0 Å². The van der Waals surface area contributed by atoms with Crippen molar-refractivity contribution in [2.45, 2.75) is 0 Å². The summed E-state index contributed by atoms with van der Waals surface area (Å²) < 4.78 is 0.782. The Morgan fingerprint density at radius 3 is 2.47 bits per heavy atom. The number of carbonyl (C=O) groups is 2. The summed E-state index contributed by atoms with van der Waals surface area (Å²) in [6.45, 7) is 0. The van der Waals surface area contributed by atoms with Gasteiger partial charge >= 0.3 is 0 Å². The van der Waals surface area contributed by atoms with E-state index in [1.807, 2.05) is 18.2 Å². The number of hydrogen-bond acceptors (Lipinski definition) is 3. The lowest BCUT2D eigenvalue weighted by atomic mass is 10.2. The van der Waals surface area contributed by atoms with Crippen molar-refractivity contribution in [3.63, 3.8) is 0 Å². The lowest BCUT2D eigenvalue weighted by molar-refractivity contribution is 0.0990. The van der Waals surface area contributed by atoms with Gasteiger partial charge in [0.2, 0.25) is 0 Å². The van der Waals surface area contributed by atoms with Crippen LogP contribution < -0.4 is 11.1 Å². The molecule has 0 fully saturated rings. The average molecular weight is 320 g/mol. The smallest absolute Gasteiger partial charge is 0.267 e. The number of para-hydroxylation sites is 1. The molecule has 3 N–H and O–H groups in total. The summed E-state index contributed by atoms with van der Waals surface area (Å²) in [5.41, 5.74) is 6.20. The van der Waals surface area contributed by atoms with Crippen molar-refractivity contribution < 1.29 is 9.59 Å². The first-order valence-corrected chi connectivity index (χ1v) is 6.19. The fourth-order valence-electron chi connectivity index (χ4n) is 1.43. The zero-order valence-electron chi connectivity index (χ0n) is 9.76. The molecule has 1 heterocycles. The Kier molecular flexibility index (Phi) is 3.91. The van der Waals surface area contributed by atoms with Gasteiger partial charge in [0, 0.05) is 10.7 Å². The standard InChI is InChI=1S/C13H10BrN3O2/c14-9-3-1-2-4-10(9)17-13(19)8-5-6-11(12(15)18)16-7-8/h1-7H,(H2,15,18)(H,17,19). The van der Waals surface area contributed by atoms with Crippen LogP contribution in [-0.2, 0) is 0 Å². The topological polar surface area (TPSA) is 85.1 Å². The minimum Gasteiger partial charge on any atom is -0.364 e. The van der Waals surface area contributed by atoms with E-state index >= 15 is 0 Å². The quantitative estimate of drug-likeness (QED) is 0.909. The second kappa shape index (κ2) is 5.62. The minimum absolute atomic E-state index is 0.123. The lowest BCUT2D eigenvalue weighted by Gasteiger charge is -2.07. The normalized spacial score (nSPS) is 9.95. The number of nitrogens with zero attached hydrogens (tertiary/aromatic N) is 1. The van der Waals surface area contributed by atoms with Crippen LogP contribution in [-0.4, -0.2) is 16.8 Å². The number of pyridine rings is 1. The maximum atomic E-state index is 12.0. The number of rotatable bonds is 3. The first kappa shape index (κ1) is 13.2. The molecule has 2 amide bonds. The second-order valence-electron chi connectivity index (χ2n) is 3.73. The first-order valence-electron chi connectivity index (χ1n) is 5.39. The predicted molar refractivity (Wildman–Crippen MR) is 74.9 cm³/mol. The molecule has 0 saturated heterocycles. The number of nitrogens with one attached hydrogen (secondary N) is 1. The Hall–Kier alpha value is -2.21. The van der Waals surface area contributed by atoms with Gasteiger partial charge in [-0.25, -0.2) is 0 Å². The van der Waals surface area contributed by atoms with Crippen LogP contribution in [0.2, 0.25) is 0 Å². The molecule has 1 aromatic heterocycles. The molecule has 0 aliphatic carbocycles. The van der Waals surface area contributed by atoms with Gasteiger partial charge in [-0.2, -0.15) is 0 Å². The van der Waals surface area contributed by atoms with Crippen LogP contribution in [0.25, 0.3) is 0 Å². The molecule has 19 heavy (non-hydrogen) atoms. The number of nitrogens with two attached hydrogens (primary N) is 1. The average Bonchev–Trinajstić information content (AvgIpc) is 2.41. The number of primary amides is 1. The van der Waals surface area contributed by atoms with E-state index in [1.54, 1.807) is 6.07 Å². The zero-order valence-corrected chi connectivity index (χ0v) is 11.3. The fraction of sp³-hybridized carbons (Fsp3) is 0. The maximum Gasteiger partial charge on any atom is 0.267 e. The highest BCUT2D eigenvalue weighted by Gasteiger charge is 2.09. The van der Waals surface area contributed by atoms with Crippen molar-refractivity contribution in [2.75, 3.05) is 5.32 Å². The van der Waals surface area contributed by atoms with Crippen molar-refractivity contribution in [2.24, 2.45) is 5.73 Å². The number of hydrogen-bond donors (Lipinski definition) is 2. The van der Waals surface area contributed by atoms with Gasteiger partial charge in [-0.15, -0.1) is 0 Å². The minimum atomic E-state index is -0.627. The summed E-state index contributed by atoms with van der Waals surface area (Å²) in [6, 6.07) is 10.2. The zero-order chi connectivity index (χ0) is 13.8. The van der Waals surface area contributed by atoms with E-state index in [0.29, 0.717) is 11.3 Å². The van der Waals surface area contributed by atoms with E-state index in [4.69, 9.17) is 5.73 Å². The SMILES string of the molecule is NC(=O)c1ccc(C(=O)Nc2ccccc2Br)cn1. The molecule has 6 heteroatoms. The van der Waals surface area contributed by atoms with Crippen LogP contribution in [0.5, 0.6) is 0 Å². The van der Waals surface area contributed by atoms with Gasteiger partial charge in [0.05, 0.1) is 11.3 Å². The summed E-state index contributed by atoms with van der Waals surface area (Å²) in [5.74, 6) is -0.937. The molecule has 0 radical (unpaired) electrons. The third kappa shape index (κ3) is 3.17. The van der Waals surface area contributed by atoms with Gasteiger partial charge in [0.15, 0.2) is 0 Å². The number of halogens is 1. The molecular formula is C13H10BrN3O2. The van der Waals surface area contributed by atoms with Crippen LogP contribution in [0, 0.1) is 0 Å². The molecule has 0 saturated carbocycles. The molecule has 0 unspecified atom stereocenters. The van der Waals surface area contributed by atoms with Gasteiger partial charge in [0.25, 0.3) is 11.8 Å². The van der Waals surface area contributed by atoms with Crippen molar-refractivity contribution in [1.29, 1.82) is 0 Å². The lowest BCUT2D eigenvalue weighted by Crippen LogP contribution is -2.16. The number of amides is 2. The van der Waals surface area contributed by atoms with Gasteiger partial charge in [-0.3, -0.25) is 14.6 Å². The molecular weight excluding hydrogens is 310 g/mol. The molecule has 0 spiro atoms. The van der Waals surface area contributed by atoms with Gasteiger partial charge in [-0.1, -0.05) is 12.1 Å². The second-order valence-corrected chi connectivity index (χ2v) is 4.58. The van der Waals surface area contributed by atoms with Crippen LogP contribution in [0.15, 0.2) is 47.1 Å². The molecule has 2 aromatic rings. The number of aromatic nitrogens is 1. The number of anilines is 1. The summed E-state index contributed by atoms with van der Waals surface area (Å²) >= 11 is 3.34. The maximum absolute atomic E-state index is 12.0. The number of benzene rings is 1. The third-order valence-electron chi connectivity index (χ3n) is 2.40. The third-order valence-corrected chi connectivity index (χ3v) is 3.09. The Balaban J connectivity index is 2.16. The van der Waals surface area contributed by atoms with Gasteiger partial charge < -0.3 is 11.1 Å². The Morgan fingerprint density at radius 1 is 1.16 bits per heavy atom. The van der Waals surface area contributed by atoms with Gasteiger partial charge in [0.1, 0.15) is 5.69 Å². The van der Waals surface area contributed by atoms with E-state index < -0.39 is 5.91 Å². The van der Waals surface area contributed by atoms with E-state index in [2.05, 4.69) is 26.2 Å². The number of carbonyl (C=O) groups excluding carboxylic acids is 2. The molecule has 0 aliphatic heterocycles. The van der Waals surface area contributed by atoms with Crippen LogP contribution in [0.4, 0.5) is 5.69 Å². The molecule has 96 valence electrons. The molecule has 0 aliphatic rings. The Labute approximate surface area is 118 Å². The molecule has 2 rings (SSSR count). The van der Waals surface area contributed by atoms with E-state index in [-0.39, 0.29) is 11.6 Å². The highest BCUT2D eigenvalue weighted by Crippen LogP contribution is 2.21. The summed E-state index contributed by atoms with van der Waals surface area (Å²) in [6.07, 6.45) is 1.31. The van der Waals surface area contributed by atoms with Crippen molar-refractivity contribution in [1.82, 2.24) is 4.98 Å². The van der Waals surface area contributed by atoms with E-state index in [1.165, 1.54) is 18.3 Å². The molecule has 1 aromatic carbocycles. The largest absolute Gasteiger partial charge is 0.364 e. The first-order chi connectivity index (χ1) is 9.08. The molecule has 0 atom stereocenters. The van der Waals surface area contributed by atoms with Gasteiger partial charge in [-0.05, 0) is 40.2 Å². The summed E-state index contributed by atoms with van der Waals surface area (Å²) in [5, 5.41) is 2.73. The van der Waals surface area contributed by atoms with E-state index in [0.717, 1.165) is 4.47 Å². The fourth-order valence-corrected chi connectivity index (χ4v) is 1.81. The highest BCUT2D eigenvalue weighted by atomic mass is 79.9. The Bertz CT molecular complexity index is 626. The highest BCUT2D eigenvalue weighted by molar-refractivity contribution is 9.10. The Morgan fingerprint density at radius 2 is 1.89 bits per heavy atom. The predicted octanol–water partition coefficient (Wildman–Crippen LogP) is 2.20. The van der Waals surface area contributed by atoms with Crippen molar-refractivity contribution in [3.05, 3.63) is 58.3 Å². The van der Waals surface area contributed by atoms with Crippen LogP contribution in [0.1, 0.15) is 20.8 Å². The summed E-state index contributed by atoms with van der Waals surface area (Å²) in [7, 11) is 0. The molecule has 0 bridgehead atoms. The molecule has 5 nitrogen and oxygen atoms in total.